The Morgan fingerprint density at radius 1 is 1.08 bits per heavy atom. The van der Waals surface area contributed by atoms with Crippen LogP contribution in [0.4, 0.5) is 0 Å². The Balaban J connectivity index is 1.77. The molecule has 0 aromatic heterocycles. The molecule has 0 saturated heterocycles. The Bertz CT molecular complexity index is 851. The van der Waals surface area contributed by atoms with Crippen molar-refractivity contribution in [1.82, 2.24) is 16.2 Å². The monoisotopic (exact) mass is 475 g/mol. The van der Waals surface area contributed by atoms with E-state index in [4.69, 9.17) is 40.2 Å². The number of carbonyl (C=O) groups is 2. The number of ether oxygens (including phenoxy) is 1. The molecule has 0 atom stereocenters. The van der Waals surface area contributed by atoms with Crippen molar-refractivity contribution >= 4 is 68.3 Å². The maximum absolute atomic E-state index is 12.0. The molecule has 0 unspecified atom stereocenters. The molecule has 0 radical (unpaired) electrons. The lowest BCUT2D eigenvalue weighted by Gasteiger charge is -2.12. The van der Waals surface area contributed by atoms with E-state index in [0.717, 1.165) is 4.47 Å². The summed E-state index contributed by atoms with van der Waals surface area (Å²) in [5.74, 6) is -0.654. The van der Waals surface area contributed by atoms with Crippen molar-refractivity contribution in [3.63, 3.8) is 0 Å². The molecule has 6 nitrogen and oxygen atoms in total. The molecular formula is C16H12BrCl2N3O3S. The molecule has 3 N–H and O–H groups in total. The molecular weight excluding hydrogens is 465 g/mol. The second-order valence-electron chi connectivity index (χ2n) is 4.80. The standard InChI is InChI=1S/C16H12BrCl2N3O3S/c17-9-5-6-13(12(19)7-9)25-8-14(23)21-22-16(26)20-15(24)10-3-1-2-4-11(10)18/h1-7H,8H2,(H,21,23)(H2,20,22,24,26). The second kappa shape index (κ2) is 9.72. The van der Waals surface area contributed by atoms with Crippen molar-refractivity contribution in [2.45, 2.75) is 0 Å². The van der Waals surface area contributed by atoms with Crippen molar-refractivity contribution in [2.24, 2.45) is 0 Å². The average Bonchev–Trinajstić information content (AvgIpc) is 2.59. The minimum Gasteiger partial charge on any atom is -0.482 e. The largest absolute Gasteiger partial charge is 0.482 e. The SMILES string of the molecule is O=C(COc1ccc(Br)cc1Cl)NNC(=S)NC(=O)c1ccccc1Cl. The van der Waals surface area contributed by atoms with Gasteiger partial charge in [-0.15, -0.1) is 0 Å². The van der Waals surface area contributed by atoms with E-state index in [-0.39, 0.29) is 22.3 Å². The molecule has 0 aliphatic heterocycles. The molecule has 0 aliphatic carbocycles. The lowest BCUT2D eigenvalue weighted by Crippen LogP contribution is -2.49. The first-order chi connectivity index (χ1) is 12.4. The number of amides is 2. The summed E-state index contributed by atoms with van der Waals surface area (Å²) < 4.78 is 6.09. The van der Waals surface area contributed by atoms with E-state index in [0.29, 0.717) is 10.8 Å². The van der Waals surface area contributed by atoms with Gasteiger partial charge in [0.25, 0.3) is 11.8 Å². The first-order valence-corrected chi connectivity index (χ1v) is 9.05. The Morgan fingerprint density at radius 3 is 2.50 bits per heavy atom. The summed E-state index contributed by atoms with van der Waals surface area (Å²) in [6.07, 6.45) is 0. The zero-order chi connectivity index (χ0) is 19.1. The minimum absolute atomic E-state index is 0.0926. The van der Waals surface area contributed by atoms with Crippen LogP contribution in [0, 0.1) is 0 Å². The maximum atomic E-state index is 12.0. The summed E-state index contributed by atoms with van der Waals surface area (Å²) in [7, 11) is 0. The van der Waals surface area contributed by atoms with Crippen molar-refractivity contribution < 1.29 is 14.3 Å². The molecule has 10 heteroatoms. The fourth-order valence-corrected chi connectivity index (χ4v) is 2.84. The van der Waals surface area contributed by atoms with Gasteiger partial charge in [0.15, 0.2) is 11.7 Å². The van der Waals surface area contributed by atoms with Crippen LogP contribution in [0.15, 0.2) is 46.9 Å². The van der Waals surface area contributed by atoms with Crippen LogP contribution in [0.1, 0.15) is 10.4 Å². The highest BCUT2D eigenvalue weighted by molar-refractivity contribution is 9.10. The quantitative estimate of drug-likeness (QED) is 0.465. The van der Waals surface area contributed by atoms with Gasteiger partial charge < -0.3 is 4.74 Å². The van der Waals surface area contributed by atoms with Gasteiger partial charge in [0.05, 0.1) is 15.6 Å². The van der Waals surface area contributed by atoms with Crippen molar-refractivity contribution in [3.05, 3.63) is 62.5 Å². The van der Waals surface area contributed by atoms with Gasteiger partial charge in [0.1, 0.15) is 5.75 Å². The number of hydrogen-bond donors (Lipinski definition) is 3. The second-order valence-corrected chi connectivity index (χ2v) is 6.94. The summed E-state index contributed by atoms with van der Waals surface area (Å²) in [4.78, 5) is 23.8. The van der Waals surface area contributed by atoms with Crippen LogP contribution < -0.4 is 20.9 Å². The molecule has 26 heavy (non-hydrogen) atoms. The molecule has 2 aromatic rings. The predicted molar refractivity (Wildman–Crippen MR) is 107 cm³/mol. The fourth-order valence-electron chi connectivity index (χ4n) is 1.75. The normalized spacial score (nSPS) is 9.96. The van der Waals surface area contributed by atoms with Gasteiger partial charge in [0.2, 0.25) is 0 Å². The molecule has 0 fully saturated rings. The summed E-state index contributed by atoms with van der Waals surface area (Å²) >= 11 is 20.1. The first kappa shape index (κ1) is 20.4. The molecule has 2 rings (SSSR count). The Hall–Kier alpha value is -1.87. The summed E-state index contributed by atoms with van der Waals surface area (Å²) in [5.41, 5.74) is 4.96. The smallest absolute Gasteiger partial charge is 0.276 e. The maximum Gasteiger partial charge on any atom is 0.276 e. The average molecular weight is 477 g/mol. The van der Waals surface area contributed by atoms with Crippen molar-refractivity contribution in [1.29, 1.82) is 0 Å². The topological polar surface area (TPSA) is 79.5 Å². The van der Waals surface area contributed by atoms with Gasteiger partial charge in [-0.3, -0.25) is 25.8 Å². The number of hydrogen-bond acceptors (Lipinski definition) is 4. The Labute approximate surface area is 173 Å². The van der Waals surface area contributed by atoms with Crippen molar-refractivity contribution in [2.75, 3.05) is 6.61 Å². The Morgan fingerprint density at radius 2 is 1.81 bits per heavy atom. The number of rotatable bonds is 4. The van der Waals surface area contributed by atoms with Crippen LogP contribution >= 0.6 is 51.3 Å². The fraction of sp³-hybridized carbons (Fsp3) is 0.0625. The van der Waals surface area contributed by atoms with Gasteiger partial charge in [-0.2, -0.15) is 0 Å². The number of hydrazine groups is 1. The molecule has 0 heterocycles. The third-order valence-electron chi connectivity index (χ3n) is 2.91. The summed E-state index contributed by atoms with van der Waals surface area (Å²) in [6, 6.07) is 11.5. The van der Waals surface area contributed by atoms with Crippen LogP contribution in [0.5, 0.6) is 5.75 Å². The van der Waals surface area contributed by atoms with Crippen LogP contribution in [-0.4, -0.2) is 23.5 Å². The number of benzene rings is 2. The number of nitrogens with one attached hydrogen (secondary N) is 3. The van der Waals surface area contributed by atoms with Crippen LogP contribution in [0.3, 0.4) is 0 Å². The van der Waals surface area contributed by atoms with Crippen LogP contribution in [-0.2, 0) is 4.79 Å². The molecule has 0 aliphatic rings. The number of thiocarbonyl (C=S) groups is 1. The predicted octanol–water partition coefficient (Wildman–Crippen LogP) is 3.47. The summed E-state index contributed by atoms with van der Waals surface area (Å²) in [5, 5.41) is 2.96. The van der Waals surface area contributed by atoms with E-state index < -0.39 is 11.8 Å². The molecule has 0 saturated carbocycles. The molecule has 0 spiro atoms. The highest BCUT2D eigenvalue weighted by atomic mass is 79.9. The van der Waals surface area contributed by atoms with Gasteiger partial charge in [-0.05, 0) is 42.5 Å². The van der Waals surface area contributed by atoms with Gasteiger partial charge in [-0.1, -0.05) is 51.3 Å². The highest BCUT2D eigenvalue weighted by Crippen LogP contribution is 2.27. The number of carbonyl (C=O) groups excluding carboxylic acids is 2. The third kappa shape index (κ3) is 6.14. The zero-order valence-corrected chi connectivity index (χ0v) is 16.9. The Kier molecular flexibility index (Phi) is 7.65. The molecule has 0 bridgehead atoms. The first-order valence-electron chi connectivity index (χ1n) is 7.09. The minimum atomic E-state index is -0.515. The van der Waals surface area contributed by atoms with Gasteiger partial charge >= 0.3 is 0 Å². The van der Waals surface area contributed by atoms with Gasteiger partial charge in [-0.25, -0.2) is 0 Å². The lowest BCUT2D eigenvalue weighted by atomic mass is 10.2. The highest BCUT2D eigenvalue weighted by Gasteiger charge is 2.12. The van der Waals surface area contributed by atoms with E-state index >= 15 is 0 Å². The van der Waals surface area contributed by atoms with E-state index in [1.807, 2.05) is 0 Å². The van der Waals surface area contributed by atoms with E-state index in [1.54, 1.807) is 42.5 Å². The van der Waals surface area contributed by atoms with Gasteiger partial charge in [0, 0.05) is 4.47 Å². The lowest BCUT2D eigenvalue weighted by molar-refractivity contribution is -0.123. The van der Waals surface area contributed by atoms with E-state index in [2.05, 4.69) is 32.1 Å². The van der Waals surface area contributed by atoms with Crippen LogP contribution in [0.25, 0.3) is 0 Å². The van der Waals surface area contributed by atoms with Crippen LogP contribution in [0.2, 0.25) is 10.0 Å². The third-order valence-corrected chi connectivity index (χ3v) is 4.24. The molecule has 2 amide bonds. The number of halogens is 3. The molecule has 136 valence electrons. The van der Waals surface area contributed by atoms with E-state index in [1.165, 1.54) is 0 Å². The zero-order valence-electron chi connectivity index (χ0n) is 13.0. The van der Waals surface area contributed by atoms with Crippen molar-refractivity contribution in [3.8, 4) is 5.75 Å². The van der Waals surface area contributed by atoms with E-state index in [9.17, 15) is 9.59 Å². The molecule has 2 aromatic carbocycles. The summed E-state index contributed by atoms with van der Waals surface area (Å²) in [6.45, 7) is -0.296.